The zero-order valence-electron chi connectivity index (χ0n) is 12.5. The van der Waals surface area contributed by atoms with Crippen molar-refractivity contribution in [1.29, 1.82) is 0 Å². The highest BCUT2D eigenvalue weighted by atomic mass is 32.2. The van der Waals surface area contributed by atoms with Crippen LogP contribution in [-0.4, -0.2) is 29.0 Å². The van der Waals surface area contributed by atoms with Crippen LogP contribution in [0.1, 0.15) is 24.9 Å². The molecule has 1 aromatic heterocycles. The Morgan fingerprint density at radius 3 is 2.77 bits per heavy atom. The minimum Gasteiger partial charge on any atom is -0.274 e. The summed E-state index contributed by atoms with van der Waals surface area (Å²) >= 11 is 0. The maximum absolute atomic E-state index is 13.5. The van der Waals surface area contributed by atoms with E-state index in [-0.39, 0.29) is 22.7 Å². The van der Waals surface area contributed by atoms with Gasteiger partial charge in [0.05, 0.1) is 12.2 Å². The Hall–Kier alpha value is -1.73. The van der Waals surface area contributed by atoms with Gasteiger partial charge in [-0.2, -0.15) is 9.40 Å². The normalized spacial score (nSPS) is 23.0. The van der Waals surface area contributed by atoms with Gasteiger partial charge in [0.2, 0.25) is 10.0 Å². The van der Waals surface area contributed by atoms with Gasteiger partial charge >= 0.3 is 0 Å². The van der Waals surface area contributed by atoms with Crippen molar-refractivity contribution in [3.05, 3.63) is 48.0 Å². The number of nitrogens with zero attached hydrogens (tertiary/aromatic N) is 3. The molecular formula is C15H18FN3O2S. The van der Waals surface area contributed by atoms with Gasteiger partial charge in [0.1, 0.15) is 10.7 Å². The van der Waals surface area contributed by atoms with E-state index in [4.69, 9.17) is 0 Å². The van der Waals surface area contributed by atoms with Crippen molar-refractivity contribution in [3.8, 4) is 0 Å². The monoisotopic (exact) mass is 323 g/mol. The number of hydrogen-bond acceptors (Lipinski definition) is 3. The van der Waals surface area contributed by atoms with Crippen LogP contribution >= 0.6 is 0 Å². The van der Waals surface area contributed by atoms with Gasteiger partial charge in [0.15, 0.2) is 0 Å². The molecule has 5 nitrogen and oxygen atoms in total. The largest absolute Gasteiger partial charge is 0.274 e. The van der Waals surface area contributed by atoms with Gasteiger partial charge in [-0.05, 0) is 30.0 Å². The van der Waals surface area contributed by atoms with E-state index >= 15 is 0 Å². The molecule has 0 N–H and O–H groups in total. The third-order valence-electron chi connectivity index (χ3n) is 4.13. The molecule has 2 atom stereocenters. The zero-order valence-corrected chi connectivity index (χ0v) is 13.3. The van der Waals surface area contributed by atoms with E-state index in [0.717, 1.165) is 6.42 Å². The van der Waals surface area contributed by atoms with Gasteiger partial charge < -0.3 is 0 Å². The van der Waals surface area contributed by atoms with Crippen LogP contribution in [0.3, 0.4) is 0 Å². The lowest BCUT2D eigenvalue weighted by atomic mass is 9.96. The Balaban J connectivity index is 2.02. The molecule has 1 aliphatic heterocycles. The summed E-state index contributed by atoms with van der Waals surface area (Å²) in [6.45, 7) is 2.42. The molecular weight excluding hydrogens is 305 g/mol. The molecule has 7 heteroatoms. The molecule has 1 fully saturated rings. The van der Waals surface area contributed by atoms with E-state index in [0.29, 0.717) is 12.1 Å². The van der Waals surface area contributed by atoms with Crippen molar-refractivity contribution in [2.24, 2.45) is 13.0 Å². The molecule has 2 heterocycles. The van der Waals surface area contributed by atoms with Gasteiger partial charge in [0.25, 0.3) is 0 Å². The minimum atomic E-state index is -3.63. The van der Waals surface area contributed by atoms with Crippen molar-refractivity contribution >= 4 is 10.0 Å². The number of sulfonamides is 1. The van der Waals surface area contributed by atoms with Crippen molar-refractivity contribution in [2.45, 2.75) is 24.3 Å². The van der Waals surface area contributed by atoms with Gasteiger partial charge in [-0.15, -0.1) is 0 Å². The van der Waals surface area contributed by atoms with Crippen LogP contribution in [-0.2, 0) is 17.1 Å². The van der Waals surface area contributed by atoms with E-state index in [1.165, 1.54) is 33.5 Å². The Kier molecular flexibility index (Phi) is 3.78. The smallest absolute Gasteiger partial charge is 0.246 e. The lowest BCUT2D eigenvalue weighted by molar-refractivity contribution is 0.356. The van der Waals surface area contributed by atoms with E-state index in [9.17, 15) is 12.8 Å². The maximum atomic E-state index is 13.5. The van der Waals surface area contributed by atoms with Crippen molar-refractivity contribution in [1.82, 2.24) is 14.1 Å². The fraction of sp³-hybridized carbons (Fsp3) is 0.400. The number of rotatable bonds is 3. The van der Waals surface area contributed by atoms with Crippen LogP contribution in [0, 0.1) is 11.7 Å². The Bertz CT molecular complexity index is 788. The van der Waals surface area contributed by atoms with Crippen molar-refractivity contribution in [2.75, 3.05) is 6.54 Å². The SMILES string of the molecule is C[C@@H]1CCN(S(=O)(=O)c2cnn(C)c2)[C@H]1c1cccc(F)c1. The molecule has 0 radical (unpaired) electrons. The minimum absolute atomic E-state index is 0.133. The van der Waals surface area contributed by atoms with Gasteiger partial charge in [-0.1, -0.05) is 19.1 Å². The van der Waals surface area contributed by atoms with Crippen LogP contribution in [0.25, 0.3) is 0 Å². The predicted molar refractivity (Wildman–Crippen MR) is 80.0 cm³/mol. The van der Waals surface area contributed by atoms with Crippen LogP contribution in [0.4, 0.5) is 4.39 Å². The molecule has 1 aliphatic rings. The number of halogens is 1. The fourth-order valence-corrected chi connectivity index (χ4v) is 4.75. The molecule has 0 bridgehead atoms. The number of aryl methyl sites for hydroxylation is 1. The summed E-state index contributed by atoms with van der Waals surface area (Å²) in [5, 5.41) is 3.94. The lowest BCUT2D eigenvalue weighted by Gasteiger charge is -2.26. The Labute approximate surface area is 129 Å². The first kappa shape index (κ1) is 15.2. The summed E-state index contributed by atoms with van der Waals surface area (Å²) in [4.78, 5) is 0.172. The highest BCUT2D eigenvalue weighted by molar-refractivity contribution is 7.89. The van der Waals surface area contributed by atoms with E-state index < -0.39 is 10.0 Å². The van der Waals surface area contributed by atoms with E-state index in [1.807, 2.05) is 6.92 Å². The molecule has 0 aliphatic carbocycles. The standard InChI is InChI=1S/C15H18FN3O2S/c1-11-6-7-19(15(11)12-4-3-5-13(16)8-12)22(20,21)14-9-17-18(2)10-14/h3-5,8-11,15H,6-7H2,1-2H3/t11-,15-/m1/s1. The zero-order chi connectivity index (χ0) is 15.9. The molecule has 3 rings (SSSR count). The lowest BCUT2D eigenvalue weighted by Crippen LogP contribution is -2.31. The highest BCUT2D eigenvalue weighted by Crippen LogP contribution is 2.40. The molecule has 0 amide bonds. The first-order valence-corrected chi connectivity index (χ1v) is 8.59. The second-order valence-corrected chi connectivity index (χ2v) is 7.62. The highest BCUT2D eigenvalue weighted by Gasteiger charge is 2.41. The van der Waals surface area contributed by atoms with Crippen LogP contribution in [0.2, 0.25) is 0 Å². The summed E-state index contributed by atoms with van der Waals surface area (Å²) in [7, 11) is -1.96. The number of hydrogen-bond donors (Lipinski definition) is 0. The average molecular weight is 323 g/mol. The van der Waals surface area contributed by atoms with Crippen molar-refractivity contribution < 1.29 is 12.8 Å². The summed E-state index contributed by atoms with van der Waals surface area (Å²) in [5.74, 6) is -0.219. The Morgan fingerprint density at radius 2 is 2.14 bits per heavy atom. The summed E-state index contributed by atoms with van der Waals surface area (Å²) < 4.78 is 42.1. The van der Waals surface area contributed by atoms with E-state index in [1.54, 1.807) is 19.2 Å². The molecule has 2 aromatic rings. The first-order chi connectivity index (χ1) is 10.4. The number of benzene rings is 1. The predicted octanol–water partition coefficient (Wildman–Crippen LogP) is 2.33. The van der Waals surface area contributed by atoms with E-state index in [2.05, 4.69) is 5.10 Å². The third kappa shape index (κ3) is 2.55. The second-order valence-electron chi connectivity index (χ2n) is 5.73. The summed E-state index contributed by atoms with van der Waals surface area (Å²) in [5.41, 5.74) is 0.692. The van der Waals surface area contributed by atoms with Crippen LogP contribution in [0.5, 0.6) is 0 Å². The van der Waals surface area contributed by atoms with Gasteiger partial charge in [0, 0.05) is 19.8 Å². The van der Waals surface area contributed by atoms with Gasteiger partial charge in [-0.3, -0.25) is 4.68 Å². The second kappa shape index (κ2) is 5.48. The summed E-state index contributed by atoms with van der Waals surface area (Å²) in [6, 6.07) is 5.83. The molecule has 1 aromatic carbocycles. The Morgan fingerprint density at radius 1 is 1.36 bits per heavy atom. The maximum Gasteiger partial charge on any atom is 0.246 e. The average Bonchev–Trinajstić information content (AvgIpc) is 3.05. The quantitative estimate of drug-likeness (QED) is 0.871. The van der Waals surface area contributed by atoms with Gasteiger partial charge in [-0.25, -0.2) is 12.8 Å². The fourth-order valence-electron chi connectivity index (χ4n) is 3.03. The molecule has 0 saturated carbocycles. The molecule has 0 spiro atoms. The molecule has 22 heavy (non-hydrogen) atoms. The van der Waals surface area contributed by atoms with Crippen molar-refractivity contribution in [3.63, 3.8) is 0 Å². The molecule has 118 valence electrons. The van der Waals surface area contributed by atoms with Crippen LogP contribution in [0.15, 0.2) is 41.6 Å². The molecule has 1 saturated heterocycles. The number of aromatic nitrogens is 2. The summed E-state index contributed by atoms with van der Waals surface area (Å²) in [6.07, 6.45) is 3.59. The third-order valence-corrected chi connectivity index (χ3v) is 5.97. The van der Waals surface area contributed by atoms with Crippen LogP contribution < -0.4 is 0 Å². The topological polar surface area (TPSA) is 55.2 Å². The first-order valence-electron chi connectivity index (χ1n) is 7.15. The molecule has 0 unspecified atom stereocenters.